The normalized spacial score (nSPS) is 12.8. The fraction of sp³-hybridized carbons (Fsp3) is 0.708. The minimum atomic E-state index is -0.799. The topological polar surface area (TPSA) is 78.9 Å². The lowest BCUT2D eigenvalue weighted by Crippen LogP contribution is -2.30. The van der Waals surface area contributed by atoms with Crippen molar-refractivity contribution in [1.82, 2.24) is 0 Å². The Balaban J connectivity index is 4.46. The van der Waals surface area contributed by atoms with Crippen LogP contribution in [0.1, 0.15) is 278 Å². The molecule has 6 nitrogen and oxygen atoms in total. The highest BCUT2D eigenvalue weighted by molar-refractivity contribution is 5.71. The molecule has 0 fully saturated rings. The van der Waals surface area contributed by atoms with Gasteiger partial charge in [-0.3, -0.25) is 14.4 Å². The van der Waals surface area contributed by atoms with Crippen molar-refractivity contribution in [3.05, 3.63) is 97.2 Å². The van der Waals surface area contributed by atoms with E-state index >= 15 is 0 Å². The molecule has 0 N–H and O–H groups in total. The van der Waals surface area contributed by atoms with E-state index in [9.17, 15) is 14.4 Å². The highest BCUT2D eigenvalue weighted by Crippen LogP contribution is 2.15. The lowest BCUT2D eigenvalue weighted by molar-refractivity contribution is -0.167. The molecule has 0 unspecified atom stereocenters. The molecule has 0 bridgehead atoms. The largest absolute Gasteiger partial charge is 0.462 e. The smallest absolute Gasteiger partial charge is 0.306 e. The number of carbonyl (C=O) groups excluding carboxylic acids is 3. The Labute approximate surface area is 438 Å². The Hall–Kier alpha value is -3.67. The molecule has 0 aliphatic rings. The molecule has 71 heavy (non-hydrogen) atoms. The number of ether oxygens (including phenoxy) is 3. The van der Waals surface area contributed by atoms with E-state index in [0.29, 0.717) is 19.3 Å². The monoisotopic (exact) mass is 987 g/mol. The quantitative estimate of drug-likeness (QED) is 0.0261. The Morgan fingerprint density at radius 1 is 0.296 bits per heavy atom. The fourth-order valence-electron chi connectivity index (χ4n) is 8.08. The van der Waals surface area contributed by atoms with Crippen LogP contribution in [0.4, 0.5) is 0 Å². The van der Waals surface area contributed by atoms with Crippen molar-refractivity contribution in [2.24, 2.45) is 0 Å². The molecule has 0 radical (unpaired) electrons. The number of hydrogen-bond acceptors (Lipinski definition) is 6. The summed E-state index contributed by atoms with van der Waals surface area (Å²) in [5.41, 5.74) is 0. The predicted molar refractivity (Wildman–Crippen MR) is 307 cm³/mol. The second kappa shape index (κ2) is 58.9. The maximum absolute atomic E-state index is 12.9. The van der Waals surface area contributed by atoms with Crippen molar-refractivity contribution in [2.75, 3.05) is 13.2 Å². The number of allylic oxidation sites excluding steroid dienone is 16. The van der Waals surface area contributed by atoms with Gasteiger partial charge in [-0.2, -0.15) is 0 Å². The third kappa shape index (κ3) is 57.1. The molecule has 0 rings (SSSR count). The zero-order valence-electron chi connectivity index (χ0n) is 46.5. The zero-order valence-corrected chi connectivity index (χ0v) is 46.5. The first kappa shape index (κ1) is 67.3. The molecular formula is C65H110O6. The van der Waals surface area contributed by atoms with Crippen molar-refractivity contribution in [2.45, 2.75) is 284 Å². The van der Waals surface area contributed by atoms with Gasteiger partial charge in [-0.05, 0) is 122 Å². The second-order valence-electron chi connectivity index (χ2n) is 19.5. The van der Waals surface area contributed by atoms with Crippen LogP contribution in [-0.2, 0) is 28.6 Å². The summed E-state index contributed by atoms with van der Waals surface area (Å²) in [6, 6.07) is 0. The number of esters is 3. The van der Waals surface area contributed by atoms with Crippen molar-refractivity contribution in [3.63, 3.8) is 0 Å². The standard InChI is InChI=1S/C65H110O6/c1-4-7-10-13-16-19-22-25-28-30-32-34-37-40-43-46-49-52-55-58-64(67)70-61-62(60-69-63(66)57-54-51-48-45-42-39-36-27-24-21-18-15-12-9-6-3)71-65(68)59-56-53-50-47-44-41-38-35-33-31-29-26-23-20-17-14-11-8-5-2/h7,10,16-17,19-20,25-29,32,34,36,40,43,62H,4-6,8-9,11-15,18,21-24,30-31,33,35,37-39,41-42,44-61H2,1-3H3/b10-7-,19-16-,20-17-,28-25-,29-26-,34-32-,36-27-,43-40-/t62-/m1/s1. The minimum Gasteiger partial charge on any atom is -0.462 e. The van der Waals surface area contributed by atoms with Gasteiger partial charge in [-0.1, -0.05) is 234 Å². The van der Waals surface area contributed by atoms with Crippen molar-refractivity contribution >= 4 is 17.9 Å². The second-order valence-corrected chi connectivity index (χ2v) is 19.5. The molecule has 0 aromatic carbocycles. The van der Waals surface area contributed by atoms with E-state index in [0.717, 1.165) is 109 Å². The average Bonchev–Trinajstić information content (AvgIpc) is 3.37. The van der Waals surface area contributed by atoms with Gasteiger partial charge in [-0.25, -0.2) is 0 Å². The van der Waals surface area contributed by atoms with E-state index in [4.69, 9.17) is 14.2 Å². The van der Waals surface area contributed by atoms with Crippen LogP contribution in [0.15, 0.2) is 97.2 Å². The van der Waals surface area contributed by atoms with E-state index in [1.165, 1.54) is 128 Å². The Bertz CT molecular complexity index is 1410. The summed E-state index contributed by atoms with van der Waals surface area (Å²) < 4.78 is 16.9. The van der Waals surface area contributed by atoms with E-state index < -0.39 is 6.10 Å². The highest BCUT2D eigenvalue weighted by Gasteiger charge is 2.19. The molecule has 0 aliphatic heterocycles. The minimum absolute atomic E-state index is 0.0942. The molecule has 6 heteroatoms. The summed E-state index contributed by atoms with van der Waals surface area (Å²) in [5.74, 6) is -0.934. The van der Waals surface area contributed by atoms with E-state index in [-0.39, 0.29) is 31.1 Å². The summed E-state index contributed by atoms with van der Waals surface area (Å²) in [5, 5.41) is 0. The van der Waals surface area contributed by atoms with Gasteiger partial charge in [0.25, 0.3) is 0 Å². The maximum atomic E-state index is 12.9. The number of hydrogen-bond donors (Lipinski definition) is 0. The van der Waals surface area contributed by atoms with E-state index in [1.54, 1.807) is 0 Å². The van der Waals surface area contributed by atoms with Crippen molar-refractivity contribution < 1.29 is 28.6 Å². The molecule has 0 saturated heterocycles. The number of rotatable bonds is 53. The van der Waals surface area contributed by atoms with Crippen LogP contribution < -0.4 is 0 Å². The van der Waals surface area contributed by atoms with Crippen LogP contribution in [0.25, 0.3) is 0 Å². The van der Waals surface area contributed by atoms with Gasteiger partial charge in [0.1, 0.15) is 13.2 Å². The fourth-order valence-corrected chi connectivity index (χ4v) is 8.08. The Kier molecular flexibility index (Phi) is 55.9. The van der Waals surface area contributed by atoms with Gasteiger partial charge in [-0.15, -0.1) is 0 Å². The molecule has 0 aromatic rings. The zero-order chi connectivity index (χ0) is 51.4. The first-order chi connectivity index (χ1) is 35.0. The molecule has 1 atom stereocenters. The molecule has 0 saturated carbocycles. The van der Waals surface area contributed by atoms with Crippen LogP contribution in [0.5, 0.6) is 0 Å². The Morgan fingerprint density at radius 3 is 0.915 bits per heavy atom. The lowest BCUT2D eigenvalue weighted by Gasteiger charge is -2.18. The predicted octanol–water partition coefficient (Wildman–Crippen LogP) is 20.1. The molecule has 406 valence electrons. The van der Waals surface area contributed by atoms with Crippen LogP contribution in [0.2, 0.25) is 0 Å². The highest BCUT2D eigenvalue weighted by atomic mass is 16.6. The summed E-state index contributed by atoms with van der Waals surface area (Å²) >= 11 is 0. The van der Waals surface area contributed by atoms with Crippen LogP contribution in [0.3, 0.4) is 0 Å². The van der Waals surface area contributed by atoms with Gasteiger partial charge in [0.15, 0.2) is 6.10 Å². The maximum Gasteiger partial charge on any atom is 0.306 e. The van der Waals surface area contributed by atoms with Gasteiger partial charge in [0.2, 0.25) is 0 Å². The molecule has 0 aromatic heterocycles. The third-order valence-corrected chi connectivity index (χ3v) is 12.5. The average molecular weight is 988 g/mol. The molecule has 0 heterocycles. The van der Waals surface area contributed by atoms with Crippen LogP contribution in [-0.4, -0.2) is 37.2 Å². The van der Waals surface area contributed by atoms with Crippen LogP contribution >= 0.6 is 0 Å². The molecule has 0 aliphatic carbocycles. The first-order valence-corrected chi connectivity index (χ1v) is 29.7. The van der Waals surface area contributed by atoms with Crippen molar-refractivity contribution in [3.8, 4) is 0 Å². The number of carbonyl (C=O) groups is 3. The SMILES string of the molecule is CC/C=C\C/C=C\C/C=C\C/C=C\C/C=C\CCCCCC(=O)OC[C@@H](COC(=O)CCCCCCC/C=C\CCCCCCCC)OC(=O)CCCCCCCCCCC/C=C\C/C=C\CCCCC. The summed E-state index contributed by atoms with van der Waals surface area (Å²) in [7, 11) is 0. The summed E-state index contributed by atoms with van der Waals surface area (Å²) in [6.07, 6.45) is 78.2. The van der Waals surface area contributed by atoms with Crippen molar-refractivity contribution in [1.29, 1.82) is 0 Å². The summed E-state index contributed by atoms with van der Waals surface area (Å²) in [4.78, 5) is 38.2. The van der Waals surface area contributed by atoms with E-state index in [1.807, 2.05) is 0 Å². The molecular weight excluding hydrogens is 877 g/mol. The first-order valence-electron chi connectivity index (χ1n) is 29.7. The van der Waals surface area contributed by atoms with Gasteiger partial charge >= 0.3 is 17.9 Å². The van der Waals surface area contributed by atoms with E-state index in [2.05, 4.69) is 118 Å². The molecule has 0 amide bonds. The third-order valence-electron chi connectivity index (χ3n) is 12.5. The summed E-state index contributed by atoms with van der Waals surface area (Å²) in [6.45, 7) is 6.47. The van der Waals surface area contributed by atoms with Gasteiger partial charge < -0.3 is 14.2 Å². The molecule has 0 spiro atoms. The van der Waals surface area contributed by atoms with Gasteiger partial charge in [0, 0.05) is 19.3 Å². The van der Waals surface area contributed by atoms with Crippen LogP contribution in [0, 0.1) is 0 Å². The number of unbranched alkanes of at least 4 members (excludes halogenated alkanes) is 26. The van der Waals surface area contributed by atoms with Gasteiger partial charge in [0.05, 0.1) is 0 Å². The lowest BCUT2D eigenvalue weighted by atomic mass is 10.1. The Morgan fingerprint density at radius 2 is 0.549 bits per heavy atom.